The number of aliphatic carboxylic acids is 1. The average molecular weight is 1110 g/mol. The smallest absolute Gasteiger partial charge is 0.335 e. The van der Waals surface area contributed by atoms with Crippen LogP contribution in [0.4, 0.5) is 0 Å². The maximum absolute atomic E-state index is 13.2. The second-order valence-electron chi connectivity index (χ2n) is 21.3. The SMILES string of the molecule is CC/C=C\C/C=C\C/C=C\C/C=C\C/C=C\C/C=C\CCC(=O)OCC(COC1OC(C(=O)O)C(O)C(O)C1OC(=O)CCCCCCC/C=C\CCCC)OC(=O)CCCCCCCCCCCCCCCCCCCCC. The normalized spacial score (nSPS) is 18.4. The van der Waals surface area contributed by atoms with Crippen LogP contribution in [0.15, 0.2) is 85.1 Å². The van der Waals surface area contributed by atoms with Gasteiger partial charge in [0.2, 0.25) is 0 Å². The summed E-state index contributed by atoms with van der Waals surface area (Å²) in [6.07, 6.45) is 58.6. The lowest BCUT2D eigenvalue weighted by atomic mass is 9.98. The highest BCUT2D eigenvalue weighted by molar-refractivity contribution is 5.74. The molecule has 0 aromatic rings. The molecule has 0 spiro atoms. The Bertz CT molecular complexity index is 1700. The Morgan fingerprint density at radius 3 is 1.30 bits per heavy atom. The fraction of sp³-hybridized carbons (Fsp3) is 0.731. The van der Waals surface area contributed by atoms with E-state index in [4.69, 9.17) is 23.7 Å². The summed E-state index contributed by atoms with van der Waals surface area (Å²) in [4.78, 5) is 51.2. The molecule has 1 aliphatic rings. The van der Waals surface area contributed by atoms with Gasteiger partial charge in [-0.2, -0.15) is 0 Å². The molecule has 0 saturated carbocycles. The van der Waals surface area contributed by atoms with Gasteiger partial charge in [-0.05, 0) is 77.0 Å². The molecule has 0 aliphatic carbocycles. The van der Waals surface area contributed by atoms with E-state index < -0.39 is 67.3 Å². The standard InChI is InChI=1S/C67H112O12/c1-4-7-10-13-16-19-22-24-26-28-30-32-34-36-39-41-44-47-50-53-59(68)75-56-58(77-60(69)54-51-48-45-43-40-37-35-33-31-29-27-25-23-20-17-14-11-8-5-2)57-76-67-65(63(72)62(71)64(79-67)66(73)74)78-61(70)55-52-49-46-42-38-21-18-15-12-9-6-3/h7,10,15-16,18-19,24,26,30,32,36,39,44,47,58,62-65,67,71-72H,4-6,8-9,11-14,17,20-23,25,27-29,31,33-35,37-38,40-43,45-46,48-57H2,1-3H3,(H,73,74)/b10-7-,18-15-,19-16-,26-24-,32-30-,39-36-,47-44-. The average Bonchev–Trinajstić information content (AvgIpc) is 3.47. The summed E-state index contributed by atoms with van der Waals surface area (Å²) < 4.78 is 28.4. The monoisotopic (exact) mass is 1110 g/mol. The summed E-state index contributed by atoms with van der Waals surface area (Å²) in [6, 6.07) is 0. The number of aliphatic hydroxyl groups excluding tert-OH is 2. The van der Waals surface area contributed by atoms with Crippen molar-refractivity contribution in [3.05, 3.63) is 85.1 Å². The van der Waals surface area contributed by atoms with Crippen LogP contribution < -0.4 is 0 Å². The van der Waals surface area contributed by atoms with E-state index in [1.807, 2.05) is 12.2 Å². The van der Waals surface area contributed by atoms with Crippen LogP contribution in [0, 0.1) is 0 Å². The van der Waals surface area contributed by atoms with Gasteiger partial charge in [-0.1, -0.05) is 254 Å². The van der Waals surface area contributed by atoms with Gasteiger partial charge in [0, 0.05) is 19.3 Å². The second kappa shape index (κ2) is 54.5. The molecule has 6 unspecified atom stereocenters. The molecule has 12 nitrogen and oxygen atoms in total. The number of hydrogen-bond acceptors (Lipinski definition) is 11. The van der Waals surface area contributed by atoms with Gasteiger partial charge in [-0.25, -0.2) is 4.79 Å². The van der Waals surface area contributed by atoms with Crippen LogP contribution in [-0.2, 0) is 42.9 Å². The first-order valence-electron chi connectivity index (χ1n) is 31.6. The number of rotatable bonds is 53. The fourth-order valence-corrected chi connectivity index (χ4v) is 9.14. The van der Waals surface area contributed by atoms with Gasteiger partial charge in [0.1, 0.15) is 18.8 Å². The molecule has 0 radical (unpaired) electrons. The minimum absolute atomic E-state index is 0.0412. The zero-order valence-corrected chi connectivity index (χ0v) is 49.8. The van der Waals surface area contributed by atoms with Gasteiger partial charge in [0.25, 0.3) is 0 Å². The van der Waals surface area contributed by atoms with Crippen molar-refractivity contribution >= 4 is 23.9 Å². The van der Waals surface area contributed by atoms with Gasteiger partial charge >= 0.3 is 23.9 Å². The van der Waals surface area contributed by atoms with E-state index in [-0.39, 0.29) is 25.9 Å². The molecule has 12 heteroatoms. The van der Waals surface area contributed by atoms with Crippen molar-refractivity contribution < 1.29 is 58.2 Å². The summed E-state index contributed by atoms with van der Waals surface area (Å²) in [5.74, 6) is -3.23. The predicted molar refractivity (Wildman–Crippen MR) is 321 cm³/mol. The number of ether oxygens (including phenoxy) is 5. The minimum atomic E-state index is -1.92. The molecule has 6 atom stereocenters. The highest BCUT2D eigenvalue weighted by Gasteiger charge is 2.50. The molecule has 1 rings (SSSR count). The number of unbranched alkanes of at least 4 members (excludes halogenated alkanes) is 25. The predicted octanol–water partition coefficient (Wildman–Crippen LogP) is 16.7. The number of esters is 3. The molecule has 1 saturated heterocycles. The molecule has 1 heterocycles. The molecule has 79 heavy (non-hydrogen) atoms. The van der Waals surface area contributed by atoms with Crippen LogP contribution in [0.1, 0.15) is 265 Å². The number of carbonyl (C=O) groups is 4. The zero-order chi connectivity index (χ0) is 57.5. The van der Waals surface area contributed by atoms with E-state index in [2.05, 4.69) is 93.7 Å². The third-order valence-corrected chi connectivity index (χ3v) is 14.0. The van der Waals surface area contributed by atoms with Crippen LogP contribution in [0.2, 0.25) is 0 Å². The topological polar surface area (TPSA) is 175 Å². The van der Waals surface area contributed by atoms with Crippen molar-refractivity contribution in [2.24, 2.45) is 0 Å². The maximum Gasteiger partial charge on any atom is 0.335 e. The largest absolute Gasteiger partial charge is 0.479 e. The fourth-order valence-electron chi connectivity index (χ4n) is 9.14. The van der Waals surface area contributed by atoms with Gasteiger partial charge in [0.05, 0.1) is 6.61 Å². The van der Waals surface area contributed by atoms with Crippen LogP contribution in [-0.4, -0.2) is 89.2 Å². The molecule has 0 bridgehead atoms. The van der Waals surface area contributed by atoms with E-state index in [9.17, 15) is 34.5 Å². The first kappa shape index (κ1) is 72.9. The Morgan fingerprint density at radius 2 is 0.835 bits per heavy atom. The van der Waals surface area contributed by atoms with Crippen LogP contribution >= 0.6 is 0 Å². The number of allylic oxidation sites excluding steroid dienone is 14. The number of carboxylic acid groups (broad SMARTS) is 1. The number of aliphatic hydroxyl groups is 2. The number of carboxylic acids is 1. The summed E-state index contributed by atoms with van der Waals surface area (Å²) in [5, 5.41) is 31.5. The maximum atomic E-state index is 13.2. The first-order valence-corrected chi connectivity index (χ1v) is 31.6. The lowest BCUT2D eigenvalue weighted by Crippen LogP contribution is -2.61. The minimum Gasteiger partial charge on any atom is -0.479 e. The Labute approximate surface area is 480 Å². The third-order valence-electron chi connectivity index (χ3n) is 14.0. The van der Waals surface area contributed by atoms with E-state index in [1.54, 1.807) is 0 Å². The number of carbonyl (C=O) groups excluding carboxylic acids is 3. The summed E-state index contributed by atoms with van der Waals surface area (Å²) in [7, 11) is 0. The molecule has 1 aliphatic heterocycles. The van der Waals surface area contributed by atoms with Gasteiger partial charge in [0.15, 0.2) is 24.6 Å². The van der Waals surface area contributed by atoms with Crippen molar-refractivity contribution in [3.63, 3.8) is 0 Å². The Balaban J connectivity index is 2.70. The molecule has 0 aromatic carbocycles. The first-order chi connectivity index (χ1) is 38.6. The molecular formula is C67H112O12. The quantitative estimate of drug-likeness (QED) is 0.0228. The van der Waals surface area contributed by atoms with E-state index in [0.29, 0.717) is 19.3 Å². The lowest BCUT2D eigenvalue weighted by molar-refractivity contribution is -0.301. The van der Waals surface area contributed by atoms with Crippen LogP contribution in [0.3, 0.4) is 0 Å². The number of hydrogen-bond donors (Lipinski definition) is 3. The molecule has 3 N–H and O–H groups in total. The summed E-state index contributed by atoms with van der Waals surface area (Å²) in [6.45, 7) is 5.79. The Hall–Kier alpha value is -4.10. The van der Waals surface area contributed by atoms with Gasteiger partial charge in [-0.15, -0.1) is 0 Å². The molecule has 1 fully saturated rings. The van der Waals surface area contributed by atoms with Crippen molar-refractivity contribution in [3.8, 4) is 0 Å². The third kappa shape index (κ3) is 44.3. The van der Waals surface area contributed by atoms with E-state index in [0.717, 1.165) is 96.3 Å². The lowest BCUT2D eigenvalue weighted by Gasteiger charge is -2.40. The van der Waals surface area contributed by atoms with Crippen molar-refractivity contribution in [2.45, 2.75) is 302 Å². The van der Waals surface area contributed by atoms with Crippen molar-refractivity contribution in [2.75, 3.05) is 13.2 Å². The van der Waals surface area contributed by atoms with Crippen LogP contribution in [0.5, 0.6) is 0 Å². The van der Waals surface area contributed by atoms with Crippen molar-refractivity contribution in [1.82, 2.24) is 0 Å². The second-order valence-corrected chi connectivity index (χ2v) is 21.3. The van der Waals surface area contributed by atoms with Gasteiger partial charge < -0.3 is 39.0 Å². The molecule has 0 aromatic heterocycles. The van der Waals surface area contributed by atoms with E-state index in [1.165, 1.54) is 109 Å². The Kier molecular flexibility index (Phi) is 50.3. The molecular weight excluding hydrogens is 997 g/mol. The van der Waals surface area contributed by atoms with Gasteiger partial charge in [-0.3, -0.25) is 14.4 Å². The van der Waals surface area contributed by atoms with E-state index >= 15 is 0 Å². The zero-order valence-electron chi connectivity index (χ0n) is 49.8. The summed E-state index contributed by atoms with van der Waals surface area (Å²) >= 11 is 0. The Morgan fingerprint density at radius 1 is 0.430 bits per heavy atom. The molecule has 452 valence electrons. The summed E-state index contributed by atoms with van der Waals surface area (Å²) in [5.41, 5.74) is 0. The molecule has 0 amide bonds. The highest BCUT2D eigenvalue weighted by Crippen LogP contribution is 2.26. The van der Waals surface area contributed by atoms with Crippen molar-refractivity contribution in [1.29, 1.82) is 0 Å². The highest BCUT2D eigenvalue weighted by atomic mass is 16.7. The van der Waals surface area contributed by atoms with Crippen LogP contribution in [0.25, 0.3) is 0 Å².